The molecule has 0 aromatic rings. The summed E-state index contributed by atoms with van der Waals surface area (Å²) in [4.78, 5) is 15.1. The largest absolute Gasteiger partial charge is 2.00 e. The van der Waals surface area contributed by atoms with Gasteiger partial charge in [0.2, 0.25) is 5.91 Å². The Morgan fingerprint density at radius 2 is 0.721 bits per heavy atom. The van der Waals surface area contributed by atoms with Gasteiger partial charge in [-0.25, -0.2) is 8.42 Å². The van der Waals surface area contributed by atoms with Crippen molar-refractivity contribution in [3.05, 3.63) is 0 Å². The van der Waals surface area contributed by atoms with Crippen LogP contribution in [0.2, 0.25) is 0 Å². The molecule has 0 spiro atoms. The fraction of sp³-hybridized carbons (Fsp3) is 0.958. The molecule has 0 aliphatic carbocycles. The molecule has 0 aromatic heterocycles. The first-order valence-corrected chi connectivity index (χ1v) is 28.5. The van der Waals surface area contributed by atoms with E-state index in [1.165, 1.54) is 205 Å². The van der Waals surface area contributed by atoms with Gasteiger partial charge in [-0.3, -0.25) is 9.35 Å². The van der Waals surface area contributed by atoms with Crippen molar-refractivity contribution in [2.75, 3.05) is 24.6 Å². The molecule has 0 aliphatic rings. The van der Waals surface area contributed by atoms with Gasteiger partial charge in [0, 0.05) is 13.0 Å². The van der Waals surface area contributed by atoms with Crippen LogP contribution in [0.15, 0.2) is 4.99 Å². The maximum Gasteiger partial charge on any atom is 2.00 e. The average Bonchev–Trinajstić information content (AvgIpc) is 3.19. The molecular weight excluding hydrogens is 837 g/mol. The zero-order chi connectivity index (χ0) is 44.7. The van der Waals surface area contributed by atoms with Gasteiger partial charge in [0.1, 0.15) is 0 Å². The van der Waals surface area contributed by atoms with Crippen molar-refractivity contribution in [3.63, 3.8) is 0 Å². The third-order valence-corrected chi connectivity index (χ3v) is 12.7. The maximum atomic E-state index is 11.5. The van der Waals surface area contributed by atoms with Gasteiger partial charge in [0.15, 0.2) is 0 Å². The number of hydrogen-bond acceptors (Lipinski definition) is 8. The van der Waals surface area contributed by atoms with Gasteiger partial charge >= 0.3 is 37.7 Å². The van der Waals surface area contributed by atoms with Crippen LogP contribution in [0.3, 0.4) is 0 Å². The second-order valence-electron chi connectivity index (χ2n) is 17.4. The van der Waals surface area contributed by atoms with E-state index >= 15 is 0 Å². The monoisotopic (exact) mass is 933 g/mol. The standard InChI is InChI=1S/2C24H49NO4S.Ca/c2*1-2-3-4-5-6-7-8-9-10-11-12-13-14-15-16-17-18-19-20-21-24(26)25-22-23-30(27,28)29;/h2*2-23H2,1H3,(H,25,26)(H,27,28,29);/q;;+2/p-2. The molecule has 0 aromatic carbocycles. The Morgan fingerprint density at radius 1 is 0.459 bits per heavy atom. The minimum absolute atomic E-state index is 0. The predicted molar refractivity (Wildman–Crippen MR) is 258 cm³/mol. The third kappa shape index (κ3) is 64.4. The average molecular weight is 934 g/mol. The topological polar surface area (TPSA) is 176 Å². The van der Waals surface area contributed by atoms with Gasteiger partial charge in [-0.1, -0.05) is 245 Å². The normalized spacial score (nSPS) is 11.9. The fourth-order valence-electron chi connectivity index (χ4n) is 7.49. The molecule has 0 aliphatic heterocycles. The van der Waals surface area contributed by atoms with E-state index in [2.05, 4.69) is 24.2 Å². The molecule has 0 rings (SSSR count). The number of unbranched alkanes of at least 4 members (excludes halogenated alkanes) is 36. The van der Waals surface area contributed by atoms with Gasteiger partial charge in [0.25, 0.3) is 10.1 Å². The van der Waals surface area contributed by atoms with Gasteiger partial charge in [-0.2, -0.15) is 8.42 Å². The summed E-state index contributed by atoms with van der Waals surface area (Å²) in [7, 11) is -8.26. The van der Waals surface area contributed by atoms with E-state index in [0.29, 0.717) is 12.8 Å². The number of aliphatic imine (C=N–C) groups is 1. The Bertz CT molecular complexity index is 1160. The van der Waals surface area contributed by atoms with E-state index in [1.54, 1.807) is 0 Å². The summed E-state index contributed by atoms with van der Waals surface area (Å²) in [5.74, 6) is -1.42. The third-order valence-electron chi connectivity index (χ3n) is 11.3. The number of hydrogen-bond donors (Lipinski definition) is 2. The molecule has 0 atom stereocenters. The molecule has 0 fully saturated rings. The Kier molecular flexibility index (Phi) is 54.6. The van der Waals surface area contributed by atoms with Gasteiger partial charge < -0.3 is 20.0 Å². The molecule has 61 heavy (non-hydrogen) atoms. The van der Waals surface area contributed by atoms with Crippen LogP contribution < -0.4 is 10.4 Å². The summed E-state index contributed by atoms with van der Waals surface area (Å²) < 4.78 is 61.0. The number of nitrogens with one attached hydrogen (secondary N) is 1. The van der Waals surface area contributed by atoms with E-state index in [0.717, 1.165) is 38.5 Å². The maximum absolute atomic E-state index is 11.5. The van der Waals surface area contributed by atoms with Crippen LogP contribution in [0.1, 0.15) is 271 Å². The van der Waals surface area contributed by atoms with Crippen molar-refractivity contribution < 1.29 is 35.8 Å². The Balaban J connectivity index is -0.00000109. The number of nitrogens with zero attached hydrogens (tertiary/aromatic N) is 1. The quantitative estimate of drug-likeness (QED) is 0.0199. The molecule has 1 amide bonds. The summed E-state index contributed by atoms with van der Waals surface area (Å²) in [6.45, 7) is 4.32. The molecule has 0 heterocycles. The molecule has 360 valence electrons. The minimum Gasteiger partial charge on any atom is -0.862 e. The molecule has 0 bridgehead atoms. The van der Waals surface area contributed by atoms with Crippen molar-refractivity contribution in [2.24, 2.45) is 4.99 Å². The number of carbonyl (C=O) groups excluding carboxylic acids is 1. The molecule has 0 radical (unpaired) electrons. The van der Waals surface area contributed by atoms with Crippen molar-refractivity contribution in [3.8, 4) is 0 Å². The van der Waals surface area contributed by atoms with E-state index in [4.69, 9.17) is 4.55 Å². The zero-order valence-electron chi connectivity index (χ0n) is 39.9. The van der Waals surface area contributed by atoms with Crippen LogP contribution in [-0.2, 0) is 25.0 Å². The number of amides is 1. The molecular formula is C48H96CaN2O8S2. The molecule has 2 N–H and O–H groups in total. The smallest absolute Gasteiger partial charge is 0.862 e. The Hall–Kier alpha value is 0.0197. The number of rotatable bonds is 46. The second kappa shape index (κ2) is 51.0. The Morgan fingerprint density at radius 3 is 0.984 bits per heavy atom. The van der Waals surface area contributed by atoms with Gasteiger partial charge in [-0.15, -0.1) is 0 Å². The van der Waals surface area contributed by atoms with E-state index in [-0.39, 0.29) is 62.6 Å². The van der Waals surface area contributed by atoms with Crippen molar-refractivity contribution in [1.82, 2.24) is 5.32 Å². The molecule has 0 unspecified atom stereocenters. The summed E-state index contributed by atoms with van der Waals surface area (Å²) in [5, 5.41) is 14.0. The molecule has 13 heteroatoms. The first-order valence-electron chi connectivity index (χ1n) is 25.3. The van der Waals surface area contributed by atoms with Gasteiger partial charge in [-0.05, 0) is 25.2 Å². The van der Waals surface area contributed by atoms with Crippen LogP contribution in [0.4, 0.5) is 0 Å². The first kappa shape index (κ1) is 65.3. The summed E-state index contributed by atoms with van der Waals surface area (Å²) in [6, 6.07) is 0. The van der Waals surface area contributed by atoms with Crippen molar-refractivity contribution >= 4 is 69.8 Å². The van der Waals surface area contributed by atoms with E-state index in [9.17, 15) is 31.3 Å². The SMILES string of the molecule is CCCCCCCCCCCCCCCCCCCCCC(=O)NCCS(=O)(=O)O.CCCCCCCCCCCCCCCCCCCCCC([O-])=NCCS(=O)(=O)[O-].[Ca+2]. The van der Waals surface area contributed by atoms with Crippen LogP contribution in [0.25, 0.3) is 0 Å². The Labute approximate surface area is 408 Å². The molecule has 0 saturated heterocycles. The number of carbonyl (C=O) groups is 1. The second-order valence-corrected chi connectivity index (χ2v) is 20.5. The molecule has 10 nitrogen and oxygen atoms in total. The molecule has 0 saturated carbocycles. The van der Waals surface area contributed by atoms with E-state index in [1.807, 2.05) is 0 Å². The first-order chi connectivity index (χ1) is 28.9. The fourth-order valence-corrected chi connectivity index (χ4v) is 8.16. The van der Waals surface area contributed by atoms with Gasteiger partial charge in [0.05, 0.1) is 28.2 Å². The summed E-state index contributed by atoms with van der Waals surface area (Å²) in [5.41, 5.74) is 0. The summed E-state index contributed by atoms with van der Waals surface area (Å²) in [6.07, 6.45) is 50.9. The van der Waals surface area contributed by atoms with Crippen molar-refractivity contribution in [1.29, 1.82) is 0 Å². The van der Waals surface area contributed by atoms with E-state index < -0.39 is 31.7 Å². The van der Waals surface area contributed by atoms with Crippen LogP contribution in [0, 0.1) is 0 Å². The van der Waals surface area contributed by atoms with Crippen molar-refractivity contribution in [2.45, 2.75) is 271 Å². The van der Waals surface area contributed by atoms with Crippen LogP contribution in [-0.4, -0.2) is 100 Å². The minimum atomic E-state index is -4.27. The predicted octanol–water partition coefficient (Wildman–Crippen LogP) is 12.5. The summed E-state index contributed by atoms with van der Waals surface area (Å²) >= 11 is 0. The van der Waals surface area contributed by atoms with Crippen LogP contribution in [0.5, 0.6) is 0 Å². The zero-order valence-corrected chi connectivity index (χ0v) is 43.7. The van der Waals surface area contributed by atoms with Crippen LogP contribution >= 0.6 is 0 Å².